The number of methoxy groups -OCH3 is 2. The predicted octanol–water partition coefficient (Wildman–Crippen LogP) is 3.44. The van der Waals surface area contributed by atoms with E-state index in [-0.39, 0.29) is 11.4 Å². The van der Waals surface area contributed by atoms with Gasteiger partial charge in [-0.25, -0.2) is 0 Å². The Bertz CT molecular complexity index is 487. The van der Waals surface area contributed by atoms with Crippen molar-refractivity contribution < 1.29 is 14.3 Å². The summed E-state index contributed by atoms with van der Waals surface area (Å²) >= 11 is 0. The van der Waals surface area contributed by atoms with Crippen LogP contribution >= 0.6 is 0 Å². The van der Waals surface area contributed by atoms with Gasteiger partial charge in [-0.05, 0) is 49.5 Å². The molecule has 0 aliphatic heterocycles. The molecular formula is C16H20O3. The van der Waals surface area contributed by atoms with Crippen LogP contribution in [0.1, 0.15) is 31.7 Å². The maximum atomic E-state index is 11.7. The molecule has 0 radical (unpaired) electrons. The Balaban J connectivity index is 2.14. The molecule has 2 rings (SSSR count). The smallest absolute Gasteiger partial charge is 0.311 e. The molecule has 19 heavy (non-hydrogen) atoms. The summed E-state index contributed by atoms with van der Waals surface area (Å²) in [5.74, 6) is 0.747. The van der Waals surface area contributed by atoms with Gasteiger partial charge in [-0.2, -0.15) is 0 Å². The zero-order chi connectivity index (χ0) is 13.9. The second kappa shape index (κ2) is 5.47. The molecule has 1 aliphatic rings. The number of ether oxygens (including phenoxy) is 2. The molecule has 1 atom stereocenters. The third kappa shape index (κ3) is 2.80. The molecule has 1 aromatic carbocycles. The van der Waals surface area contributed by atoms with Crippen molar-refractivity contribution in [3.05, 3.63) is 35.9 Å². The van der Waals surface area contributed by atoms with Crippen molar-refractivity contribution in [3.8, 4) is 5.75 Å². The first kappa shape index (κ1) is 13.7. The van der Waals surface area contributed by atoms with Crippen molar-refractivity contribution >= 4 is 11.5 Å². The van der Waals surface area contributed by atoms with E-state index in [9.17, 15) is 4.79 Å². The minimum atomic E-state index is -0.370. The van der Waals surface area contributed by atoms with Crippen molar-refractivity contribution in [1.29, 1.82) is 0 Å². The highest BCUT2D eigenvalue weighted by Crippen LogP contribution is 2.39. The standard InChI is InChI=1S/C16H20O3/c1-16(15(17)19-3)10-8-13(9-11-16)12-4-6-14(18-2)7-5-12/h4-8H,9-11H2,1-3H3. The van der Waals surface area contributed by atoms with E-state index in [0.717, 1.165) is 25.0 Å². The Kier molecular flexibility index (Phi) is 3.93. The second-order valence-corrected chi connectivity index (χ2v) is 5.21. The third-order valence-corrected chi connectivity index (χ3v) is 3.88. The molecule has 3 heteroatoms. The van der Waals surface area contributed by atoms with Crippen LogP contribution in [0.25, 0.3) is 5.57 Å². The van der Waals surface area contributed by atoms with Crippen molar-refractivity contribution in [2.24, 2.45) is 5.41 Å². The predicted molar refractivity (Wildman–Crippen MR) is 74.9 cm³/mol. The van der Waals surface area contributed by atoms with Gasteiger partial charge in [0.2, 0.25) is 0 Å². The van der Waals surface area contributed by atoms with Crippen molar-refractivity contribution in [2.75, 3.05) is 14.2 Å². The molecule has 0 saturated carbocycles. The minimum absolute atomic E-state index is 0.113. The summed E-state index contributed by atoms with van der Waals surface area (Å²) in [6, 6.07) is 8.05. The molecule has 0 saturated heterocycles. The molecule has 0 bridgehead atoms. The number of hydrogen-bond donors (Lipinski definition) is 0. The van der Waals surface area contributed by atoms with Crippen LogP contribution in [0.3, 0.4) is 0 Å². The van der Waals surface area contributed by atoms with Gasteiger partial charge >= 0.3 is 5.97 Å². The first-order chi connectivity index (χ1) is 9.09. The first-order valence-corrected chi connectivity index (χ1v) is 6.51. The highest BCUT2D eigenvalue weighted by atomic mass is 16.5. The van der Waals surface area contributed by atoms with Gasteiger partial charge < -0.3 is 9.47 Å². The van der Waals surface area contributed by atoms with Crippen LogP contribution in [0.2, 0.25) is 0 Å². The van der Waals surface area contributed by atoms with Crippen molar-refractivity contribution in [3.63, 3.8) is 0 Å². The van der Waals surface area contributed by atoms with Crippen LogP contribution < -0.4 is 4.74 Å². The van der Waals surface area contributed by atoms with Gasteiger partial charge in [0.05, 0.1) is 19.6 Å². The molecule has 1 unspecified atom stereocenters. The van der Waals surface area contributed by atoms with Crippen LogP contribution in [-0.2, 0) is 9.53 Å². The van der Waals surface area contributed by atoms with Gasteiger partial charge in [0.1, 0.15) is 5.75 Å². The lowest BCUT2D eigenvalue weighted by molar-refractivity contribution is -0.152. The molecule has 0 fully saturated rings. The highest BCUT2D eigenvalue weighted by molar-refractivity contribution is 5.79. The number of carbonyl (C=O) groups is 1. The summed E-state index contributed by atoms with van der Waals surface area (Å²) in [5.41, 5.74) is 2.13. The first-order valence-electron chi connectivity index (χ1n) is 6.51. The average Bonchev–Trinajstić information content (AvgIpc) is 2.47. The number of benzene rings is 1. The number of hydrogen-bond acceptors (Lipinski definition) is 3. The lowest BCUT2D eigenvalue weighted by Crippen LogP contribution is -2.30. The van der Waals surface area contributed by atoms with E-state index in [0.29, 0.717) is 0 Å². The molecule has 1 aromatic rings. The van der Waals surface area contributed by atoms with E-state index in [1.54, 1.807) is 7.11 Å². The topological polar surface area (TPSA) is 35.5 Å². The molecule has 0 amide bonds. The lowest BCUT2D eigenvalue weighted by atomic mass is 9.75. The summed E-state index contributed by atoms with van der Waals surface area (Å²) in [6.07, 6.45) is 4.62. The zero-order valence-corrected chi connectivity index (χ0v) is 11.7. The van der Waals surface area contributed by atoms with E-state index >= 15 is 0 Å². The average molecular weight is 260 g/mol. The summed E-state index contributed by atoms with van der Waals surface area (Å²) < 4.78 is 10.0. The normalized spacial score (nSPS) is 22.6. The van der Waals surface area contributed by atoms with Crippen molar-refractivity contribution in [2.45, 2.75) is 26.2 Å². The SMILES string of the molecule is COC(=O)C1(C)CC=C(c2ccc(OC)cc2)CC1. The van der Waals surface area contributed by atoms with Gasteiger partial charge in [0.25, 0.3) is 0 Å². The molecule has 0 heterocycles. The number of carbonyl (C=O) groups excluding carboxylic acids is 1. The van der Waals surface area contributed by atoms with Gasteiger partial charge in [-0.1, -0.05) is 18.2 Å². The van der Waals surface area contributed by atoms with Gasteiger partial charge in [-0.3, -0.25) is 4.79 Å². The fraction of sp³-hybridized carbons (Fsp3) is 0.438. The van der Waals surface area contributed by atoms with Crippen LogP contribution in [0.4, 0.5) is 0 Å². The Morgan fingerprint density at radius 2 is 1.89 bits per heavy atom. The Morgan fingerprint density at radius 1 is 1.21 bits per heavy atom. The maximum Gasteiger partial charge on any atom is 0.311 e. The van der Waals surface area contributed by atoms with Crippen LogP contribution in [0, 0.1) is 5.41 Å². The molecular weight excluding hydrogens is 240 g/mol. The summed E-state index contributed by atoms with van der Waals surface area (Å²) in [5, 5.41) is 0. The van der Waals surface area contributed by atoms with Gasteiger partial charge in [0.15, 0.2) is 0 Å². The van der Waals surface area contributed by atoms with Crippen molar-refractivity contribution in [1.82, 2.24) is 0 Å². The molecule has 0 aromatic heterocycles. The number of allylic oxidation sites excluding steroid dienone is 2. The molecule has 3 nitrogen and oxygen atoms in total. The molecule has 0 spiro atoms. The summed E-state index contributed by atoms with van der Waals surface area (Å²) in [6.45, 7) is 1.97. The molecule has 0 N–H and O–H groups in total. The minimum Gasteiger partial charge on any atom is -0.497 e. The number of rotatable bonds is 3. The molecule has 102 valence electrons. The van der Waals surface area contributed by atoms with E-state index in [4.69, 9.17) is 9.47 Å². The monoisotopic (exact) mass is 260 g/mol. The summed E-state index contributed by atoms with van der Waals surface area (Å²) in [7, 11) is 3.12. The number of esters is 1. The second-order valence-electron chi connectivity index (χ2n) is 5.21. The Labute approximate surface area is 114 Å². The summed E-state index contributed by atoms with van der Waals surface area (Å²) in [4.78, 5) is 11.7. The fourth-order valence-electron chi connectivity index (χ4n) is 2.46. The zero-order valence-electron chi connectivity index (χ0n) is 11.7. The fourth-order valence-corrected chi connectivity index (χ4v) is 2.46. The van der Waals surface area contributed by atoms with E-state index in [1.165, 1.54) is 18.2 Å². The van der Waals surface area contributed by atoms with Gasteiger partial charge in [-0.15, -0.1) is 0 Å². The van der Waals surface area contributed by atoms with E-state index in [2.05, 4.69) is 18.2 Å². The van der Waals surface area contributed by atoms with Crippen LogP contribution in [0.5, 0.6) is 5.75 Å². The largest absolute Gasteiger partial charge is 0.497 e. The third-order valence-electron chi connectivity index (χ3n) is 3.88. The maximum absolute atomic E-state index is 11.7. The van der Waals surface area contributed by atoms with Crippen LogP contribution in [0.15, 0.2) is 30.3 Å². The quantitative estimate of drug-likeness (QED) is 0.781. The molecule has 1 aliphatic carbocycles. The van der Waals surface area contributed by atoms with E-state index in [1.807, 2.05) is 19.1 Å². The van der Waals surface area contributed by atoms with Gasteiger partial charge in [0, 0.05) is 0 Å². The highest BCUT2D eigenvalue weighted by Gasteiger charge is 2.35. The lowest BCUT2D eigenvalue weighted by Gasteiger charge is -2.30. The Morgan fingerprint density at radius 3 is 2.37 bits per heavy atom. The Hall–Kier alpha value is -1.77. The van der Waals surface area contributed by atoms with Crippen LogP contribution in [-0.4, -0.2) is 20.2 Å². The van der Waals surface area contributed by atoms with E-state index < -0.39 is 0 Å².